The highest BCUT2D eigenvalue weighted by Crippen LogP contribution is 2.35. The fourth-order valence-electron chi connectivity index (χ4n) is 4.21. The van der Waals surface area contributed by atoms with E-state index in [0.717, 1.165) is 23.7 Å². The second kappa shape index (κ2) is 6.87. The largest absolute Gasteiger partial charge is 0.441 e. The Bertz CT molecular complexity index is 854. The number of benzene rings is 1. The van der Waals surface area contributed by atoms with E-state index < -0.39 is 5.60 Å². The molecule has 2 fully saturated rings. The van der Waals surface area contributed by atoms with E-state index in [9.17, 15) is 9.59 Å². The lowest BCUT2D eigenvalue weighted by molar-refractivity contribution is 0.00295. The van der Waals surface area contributed by atoms with Crippen LogP contribution in [0.15, 0.2) is 24.3 Å². The zero-order valence-electron chi connectivity index (χ0n) is 15.9. The van der Waals surface area contributed by atoms with Gasteiger partial charge in [0.15, 0.2) is 5.69 Å². The molecule has 2 aliphatic rings. The van der Waals surface area contributed by atoms with Gasteiger partial charge in [0.2, 0.25) is 0 Å². The Morgan fingerprint density at radius 3 is 2.81 bits per heavy atom. The van der Waals surface area contributed by atoms with E-state index in [-0.39, 0.29) is 18.0 Å². The number of fused-ring (bicyclic) bond motifs is 1. The van der Waals surface area contributed by atoms with Gasteiger partial charge in [0, 0.05) is 37.4 Å². The van der Waals surface area contributed by atoms with Crippen LogP contribution >= 0.6 is 0 Å². The highest BCUT2D eigenvalue weighted by molar-refractivity contribution is 6.04. The molecule has 144 valence electrons. The minimum Gasteiger partial charge on any atom is -0.441 e. The van der Waals surface area contributed by atoms with Gasteiger partial charge >= 0.3 is 6.09 Å². The topological polar surface area (TPSA) is 78.5 Å². The van der Waals surface area contributed by atoms with Gasteiger partial charge in [-0.05, 0) is 19.4 Å². The van der Waals surface area contributed by atoms with Gasteiger partial charge in [-0.3, -0.25) is 9.89 Å². The number of rotatable bonds is 4. The predicted octanol–water partition coefficient (Wildman–Crippen LogP) is 3.18. The number of aromatic nitrogens is 2. The molecule has 2 aromatic rings. The number of nitrogens with one attached hydrogen (secondary N) is 1. The molecule has 0 bridgehead atoms. The molecule has 0 unspecified atom stereocenters. The van der Waals surface area contributed by atoms with Crippen molar-refractivity contribution in [1.82, 2.24) is 20.0 Å². The first-order chi connectivity index (χ1) is 13.0. The monoisotopic (exact) mass is 370 g/mol. The summed E-state index contributed by atoms with van der Waals surface area (Å²) in [6, 6.07) is 7.83. The number of amides is 2. The highest BCUT2D eigenvalue weighted by Gasteiger charge is 2.48. The maximum atomic E-state index is 12.9. The molecular weight excluding hydrogens is 344 g/mol. The number of nitrogens with zero attached hydrogens (tertiary/aromatic N) is 3. The van der Waals surface area contributed by atoms with Crippen LogP contribution in [0.4, 0.5) is 4.79 Å². The Hall–Kier alpha value is -2.57. The molecule has 2 aliphatic heterocycles. The van der Waals surface area contributed by atoms with Crippen LogP contribution in [0.3, 0.4) is 0 Å². The Morgan fingerprint density at radius 2 is 2.07 bits per heavy atom. The number of ether oxygens (including phenoxy) is 1. The third-order valence-corrected chi connectivity index (χ3v) is 5.87. The fraction of sp³-hybridized carbons (Fsp3) is 0.550. The SMILES string of the molecule is CCC[C@H](C)N1CC2(CCN(C(=O)c3n[nH]c4ccccc34)CC2)OC1=O. The van der Waals surface area contributed by atoms with Crippen molar-refractivity contribution in [3.63, 3.8) is 0 Å². The van der Waals surface area contributed by atoms with Crippen LogP contribution in [-0.2, 0) is 4.74 Å². The van der Waals surface area contributed by atoms with Gasteiger partial charge in [-0.25, -0.2) is 4.79 Å². The van der Waals surface area contributed by atoms with E-state index >= 15 is 0 Å². The molecule has 3 heterocycles. The number of carbonyl (C=O) groups is 2. The van der Waals surface area contributed by atoms with Crippen LogP contribution < -0.4 is 0 Å². The third kappa shape index (κ3) is 3.15. The first kappa shape index (κ1) is 17.8. The molecule has 1 aromatic heterocycles. The van der Waals surface area contributed by atoms with Crippen LogP contribution in [0.25, 0.3) is 10.9 Å². The standard InChI is InChI=1S/C20H26N4O3/c1-3-6-14(2)24-13-20(27-19(24)26)9-11-23(12-10-20)18(25)17-15-7-4-5-8-16(15)21-22-17/h4-5,7-8,14H,3,6,9-13H2,1-2H3,(H,21,22)/t14-/m0/s1. The van der Waals surface area contributed by atoms with Crippen molar-refractivity contribution in [2.75, 3.05) is 19.6 Å². The molecule has 27 heavy (non-hydrogen) atoms. The smallest absolute Gasteiger partial charge is 0.410 e. The average Bonchev–Trinajstić information content (AvgIpc) is 3.23. The summed E-state index contributed by atoms with van der Waals surface area (Å²) in [4.78, 5) is 28.9. The molecule has 0 aliphatic carbocycles. The molecule has 0 saturated carbocycles. The summed E-state index contributed by atoms with van der Waals surface area (Å²) in [6.45, 7) is 5.97. The lowest BCUT2D eigenvalue weighted by atomic mass is 9.90. The second-order valence-corrected chi connectivity index (χ2v) is 7.73. The van der Waals surface area contributed by atoms with E-state index in [0.29, 0.717) is 38.2 Å². The molecule has 2 amide bonds. The fourth-order valence-corrected chi connectivity index (χ4v) is 4.21. The summed E-state index contributed by atoms with van der Waals surface area (Å²) in [7, 11) is 0. The van der Waals surface area contributed by atoms with E-state index in [2.05, 4.69) is 24.0 Å². The van der Waals surface area contributed by atoms with Gasteiger partial charge in [0.05, 0.1) is 12.1 Å². The van der Waals surface area contributed by atoms with Crippen LogP contribution in [0.2, 0.25) is 0 Å². The van der Waals surface area contributed by atoms with Crippen molar-refractivity contribution in [2.45, 2.75) is 51.2 Å². The first-order valence-electron chi connectivity index (χ1n) is 9.75. The van der Waals surface area contributed by atoms with Crippen LogP contribution in [0.5, 0.6) is 0 Å². The zero-order valence-corrected chi connectivity index (χ0v) is 15.9. The number of H-pyrrole nitrogens is 1. The molecule has 4 rings (SSSR count). The number of likely N-dealkylation sites (tertiary alicyclic amines) is 1. The van der Waals surface area contributed by atoms with Crippen molar-refractivity contribution < 1.29 is 14.3 Å². The van der Waals surface area contributed by atoms with Gasteiger partial charge in [-0.2, -0.15) is 5.10 Å². The molecule has 7 heteroatoms. The predicted molar refractivity (Wildman–Crippen MR) is 102 cm³/mol. The minimum atomic E-state index is -0.455. The summed E-state index contributed by atoms with van der Waals surface area (Å²) in [5.74, 6) is -0.0668. The Balaban J connectivity index is 1.43. The Kier molecular flexibility index (Phi) is 4.53. The molecule has 1 N–H and O–H groups in total. The lowest BCUT2D eigenvalue weighted by Crippen LogP contribution is -2.49. The quantitative estimate of drug-likeness (QED) is 0.897. The maximum absolute atomic E-state index is 12.9. The number of aromatic amines is 1. The Morgan fingerprint density at radius 1 is 1.33 bits per heavy atom. The number of carbonyl (C=O) groups excluding carboxylic acids is 2. The summed E-state index contributed by atoms with van der Waals surface area (Å²) in [6.07, 6.45) is 3.14. The first-order valence-corrected chi connectivity index (χ1v) is 9.75. The lowest BCUT2D eigenvalue weighted by Gasteiger charge is -2.37. The van der Waals surface area contributed by atoms with E-state index in [1.165, 1.54) is 0 Å². The summed E-state index contributed by atoms with van der Waals surface area (Å²) >= 11 is 0. The second-order valence-electron chi connectivity index (χ2n) is 7.73. The number of para-hydroxylation sites is 1. The number of piperidine rings is 1. The van der Waals surface area contributed by atoms with Gasteiger partial charge in [-0.1, -0.05) is 31.5 Å². The highest BCUT2D eigenvalue weighted by atomic mass is 16.6. The van der Waals surface area contributed by atoms with Gasteiger partial charge < -0.3 is 14.5 Å². The normalized spacial score (nSPS) is 20.3. The van der Waals surface area contributed by atoms with Crippen molar-refractivity contribution in [1.29, 1.82) is 0 Å². The summed E-state index contributed by atoms with van der Waals surface area (Å²) in [5, 5.41) is 7.98. The minimum absolute atomic E-state index is 0.0668. The molecule has 1 atom stereocenters. The molecule has 2 saturated heterocycles. The van der Waals surface area contributed by atoms with Crippen molar-refractivity contribution >= 4 is 22.9 Å². The van der Waals surface area contributed by atoms with Crippen molar-refractivity contribution in [2.24, 2.45) is 0 Å². The van der Waals surface area contributed by atoms with Crippen LogP contribution in [0, 0.1) is 0 Å². The van der Waals surface area contributed by atoms with Crippen LogP contribution in [0.1, 0.15) is 50.0 Å². The van der Waals surface area contributed by atoms with Gasteiger partial charge in [0.25, 0.3) is 5.91 Å². The molecule has 7 nitrogen and oxygen atoms in total. The number of hydrogen-bond donors (Lipinski definition) is 1. The average molecular weight is 370 g/mol. The van der Waals surface area contributed by atoms with Crippen molar-refractivity contribution in [3.05, 3.63) is 30.0 Å². The summed E-state index contributed by atoms with van der Waals surface area (Å²) in [5.41, 5.74) is 0.867. The summed E-state index contributed by atoms with van der Waals surface area (Å²) < 4.78 is 5.79. The van der Waals surface area contributed by atoms with Crippen molar-refractivity contribution in [3.8, 4) is 0 Å². The zero-order chi connectivity index (χ0) is 19.0. The Labute approximate surface area is 158 Å². The molecule has 1 aromatic carbocycles. The number of hydrogen-bond acceptors (Lipinski definition) is 4. The van der Waals surface area contributed by atoms with E-state index in [1.54, 1.807) is 0 Å². The van der Waals surface area contributed by atoms with Crippen LogP contribution in [-0.4, -0.2) is 63.3 Å². The molecular formula is C20H26N4O3. The van der Waals surface area contributed by atoms with Gasteiger partial charge in [-0.15, -0.1) is 0 Å². The van der Waals surface area contributed by atoms with E-state index in [4.69, 9.17) is 4.74 Å². The van der Waals surface area contributed by atoms with Gasteiger partial charge in [0.1, 0.15) is 5.60 Å². The molecule has 1 spiro atoms. The third-order valence-electron chi connectivity index (χ3n) is 5.87. The van der Waals surface area contributed by atoms with E-state index in [1.807, 2.05) is 34.1 Å². The maximum Gasteiger partial charge on any atom is 0.410 e. The molecule has 0 radical (unpaired) electrons.